The van der Waals surface area contributed by atoms with Crippen LogP contribution in [0.15, 0.2) is 16.9 Å². The molecule has 0 aliphatic rings. The fraction of sp³-hybridized carbons (Fsp3) is 0.500. The number of urea groups is 1. The highest BCUT2D eigenvalue weighted by Gasteiger charge is 2.01. The molecule has 0 radical (unpaired) electrons. The van der Waals surface area contributed by atoms with Crippen molar-refractivity contribution in [3.8, 4) is 0 Å². The van der Waals surface area contributed by atoms with E-state index < -0.39 is 0 Å². The number of hydrogen-bond donors (Lipinski definition) is 3. The van der Waals surface area contributed by atoms with E-state index in [1.54, 1.807) is 0 Å². The molecule has 0 atom stereocenters. The van der Waals surface area contributed by atoms with Gasteiger partial charge in [0, 0.05) is 25.8 Å². The van der Waals surface area contributed by atoms with Crippen LogP contribution in [0.4, 0.5) is 10.6 Å². The third-order valence-electron chi connectivity index (χ3n) is 1.88. The van der Waals surface area contributed by atoms with Gasteiger partial charge in [0.05, 0.1) is 0 Å². The molecule has 0 unspecified atom stereocenters. The second kappa shape index (κ2) is 7.39. The molecule has 1 aromatic rings. The Bertz CT molecular complexity index is 384. The maximum absolute atomic E-state index is 11.3. The van der Waals surface area contributed by atoms with Crippen molar-refractivity contribution >= 4 is 11.8 Å². The highest BCUT2D eigenvalue weighted by Crippen LogP contribution is 1.94. The van der Waals surface area contributed by atoms with Crippen molar-refractivity contribution in [3.63, 3.8) is 0 Å². The lowest BCUT2D eigenvalue weighted by Gasteiger charge is -2.06. The van der Waals surface area contributed by atoms with Crippen LogP contribution in [0.25, 0.3) is 0 Å². The van der Waals surface area contributed by atoms with Crippen LogP contribution in [0, 0.1) is 0 Å². The first-order valence-electron chi connectivity index (χ1n) is 5.40. The van der Waals surface area contributed by atoms with Gasteiger partial charge in [0.25, 0.3) is 5.56 Å². The standard InChI is InChI=1S/C10H16N4O3/c1-2-17-7-3-6-11-10(16)12-8-4-5-9(15)14-13-8/h4-5H,2-3,6-7H2,1H3,(H,14,15)(H2,11,12,13,16). The van der Waals surface area contributed by atoms with Crippen molar-refractivity contribution in [1.29, 1.82) is 0 Å². The van der Waals surface area contributed by atoms with Gasteiger partial charge in [-0.05, 0) is 19.4 Å². The Labute approximate surface area is 98.6 Å². The summed E-state index contributed by atoms with van der Waals surface area (Å²) in [4.78, 5) is 22.1. The van der Waals surface area contributed by atoms with Gasteiger partial charge in [0.15, 0.2) is 5.82 Å². The van der Waals surface area contributed by atoms with E-state index in [2.05, 4.69) is 20.8 Å². The van der Waals surface area contributed by atoms with Gasteiger partial charge < -0.3 is 10.1 Å². The van der Waals surface area contributed by atoms with E-state index in [-0.39, 0.29) is 11.6 Å². The fourth-order valence-corrected chi connectivity index (χ4v) is 1.10. The molecule has 0 spiro atoms. The Morgan fingerprint density at radius 2 is 2.35 bits per heavy atom. The number of rotatable bonds is 6. The zero-order valence-electron chi connectivity index (χ0n) is 9.66. The summed E-state index contributed by atoms with van der Waals surface area (Å²) >= 11 is 0. The molecule has 0 bridgehead atoms. The minimum absolute atomic E-state index is 0.298. The van der Waals surface area contributed by atoms with Crippen LogP contribution < -0.4 is 16.2 Å². The normalized spacial score (nSPS) is 9.94. The van der Waals surface area contributed by atoms with Gasteiger partial charge in [-0.1, -0.05) is 0 Å². The third-order valence-corrected chi connectivity index (χ3v) is 1.88. The van der Waals surface area contributed by atoms with Gasteiger partial charge in [-0.15, -0.1) is 0 Å². The molecule has 3 N–H and O–H groups in total. The zero-order valence-corrected chi connectivity index (χ0v) is 9.66. The number of amides is 2. The number of nitrogens with zero attached hydrogens (tertiary/aromatic N) is 1. The van der Waals surface area contributed by atoms with Crippen molar-refractivity contribution in [2.24, 2.45) is 0 Å². The molecule has 94 valence electrons. The minimum Gasteiger partial charge on any atom is -0.382 e. The highest BCUT2D eigenvalue weighted by molar-refractivity contribution is 5.87. The third kappa shape index (κ3) is 5.67. The Morgan fingerprint density at radius 3 is 3.00 bits per heavy atom. The fourth-order valence-electron chi connectivity index (χ4n) is 1.10. The molecule has 0 saturated heterocycles. The maximum atomic E-state index is 11.3. The number of aromatic nitrogens is 2. The highest BCUT2D eigenvalue weighted by atomic mass is 16.5. The van der Waals surface area contributed by atoms with Crippen LogP contribution in [0.1, 0.15) is 13.3 Å². The van der Waals surface area contributed by atoms with Crippen molar-refractivity contribution in [1.82, 2.24) is 15.5 Å². The summed E-state index contributed by atoms with van der Waals surface area (Å²) in [6.45, 7) is 3.73. The average Bonchev–Trinajstić information content (AvgIpc) is 2.32. The van der Waals surface area contributed by atoms with E-state index in [1.807, 2.05) is 6.92 Å². The van der Waals surface area contributed by atoms with Gasteiger partial charge in [-0.25, -0.2) is 9.89 Å². The molecule has 0 aliphatic heterocycles. The number of carbonyl (C=O) groups is 1. The lowest BCUT2D eigenvalue weighted by molar-refractivity contribution is 0.145. The van der Waals surface area contributed by atoms with Crippen LogP contribution in [0.2, 0.25) is 0 Å². The van der Waals surface area contributed by atoms with Crippen molar-refractivity contribution in [2.75, 3.05) is 25.1 Å². The number of aromatic amines is 1. The average molecular weight is 240 g/mol. The predicted molar refractivity (Wildman–Crippen MR) is 63.0 cm³/mol. The molecule has 0 aromatic carbocycles. The Morgan fingerprint density at radius 1 is 1.53 bits per heavy atom. The van der Waals surface area contributed by atoms with E-state index in [9.17, 15) is 9.59 Å². The maximum Gasteiger partial charge on any atom is 0.320 e. The number of anilines is 1. The first-order chi connectivity index (χ1) is 8.22. The summed E-state index contributed by atoms with van der Waals surface area (Å²) in [6.07, 6.45) is 0.750. The van der Waals surface area contributed by atoms with Gasteiger partial charge >= 0.3 is 6.03 Å². The number of H-pyrrole nitrogens is 1. The summed E-state index contributed by atoms with van der Waals surface area (Å²) in [5.41, 5.74) is -0.312. The second-order valence-electron chi connectivity index (χ2n) is 3.24. The molecule has 7 nitrogen and oxygen atoms in total. The molecule has 17 heavy (non-hydrogen) atoms. The molecule has 2 amide bonds. The van der Waals surface area contributed by atoms with E-state index in [0.717, 1.165) is 6.42 Å². The smallest absolute Gasteiger partial charge is 0.320 e. The lowest BCUT2D eigenvalue weighted by Crippen LogP contribution is -2.30. The van der Waals surface area contributed by atoms with Crippen LogP contribution >= 0.6 is 0 Å². The largest absolute Gasteiger partial charge is 0.382 e. The van der Waals surface area contributed by atoms with Crippen molar-refractivity contribution in [3.05, 3.63) is 22.5 Å². The molecule has 0 aliphatic carbocycles. The van der Waals surface area contributed by atoms with E-state index >= 15 is 0 Å². The van der Waals surface area contributed by atoms with Crippen molar-refractivity contribution < 1.29 is 9.53 Å². The number of nitrogens with one attached hydrogen (secondary N) is 3. The van der Waals surface area contributed by atoms with E-state index in [0.29, 0.717) is 25.6 Å². The number of carbonyl (C=O) groups excluding carboxylic acids is 1. The lowest BCUT2D eigenvalue weighted by atomic mass is 10.4. The molecule has 1 rings (SSSR count). The molecule has 7 heteroatoms. The van der Waals surface area contributed by atoms with Crippen LogP contribution in [0.5, 0.6) is 0 Å². The van der Waals surface area contributed by atoms with E-state index in [1.165, 1.54) is 12.1 Å². The predicted octanol–water partition coefficient (Wildman–Crippen LogP) is 0.318. The van der Waals surface area contributed by atoms with Crippen LogP contribution in [-0.4, -0.2) is 36.0 Å². The summed E-state index contributed by atoms with van der Waals surface area (Å²) in [5, 5.41) is 11.0. The second-order valence-corrected chi connectivity index (χ2v) is 3.24. The Hall–Kier alpha value is -1.89. The van der Waals surface area contributed by atoms with Gasteiger partial charge in [-0.2, -0.15) is 5.10 Å². The monoisotopic (exact) mass is 240 g/mol. The van der Waals surface area contributed by atoms with E-state index in [4.69, 9.17) is 4.74 Å². The molecule has 1 aromatic heterocycles. The SMILES string of the molecule is CCOCCCNC(=O)Nc1ccc(=O)[nH]n1. The van der Waals surface area contributed by atoms with Crippen LogP contribution in [0.3, 0.4) is 0 Å². The van der Waals surface area contributed by atoms with Crippen LogP contribution in [-0.2, 0) is 4.74 Å². The quantitative estimate of drug-likeness (QED) is 0.624. The first-order valence-corrected chi connectivity index (χ1v) is 5.40. The van der Waals surface area contributed by atoms with Gasteiger partial charge in [-0.3, -0.25) is 10.1 Å². The zero-order chi connectivity index (χ0) is 12.5. The number of hydrogen-bond acceptors (Lipinski definition) is 4. The first kappa shape index (κ1) is 13.2. The van der Waals surface area contributed by atoms with Gasteiger partial charge in [0.1, 0.15) is 0 Å². The molecular formula is C10H16N4O3. The molecule has 0 fully saturated rings. The molecular weight excluding hydrogens is 224 g/mol. The Balaban J connectivity index is 2.21. The number of ether oxygens (including phenoxy) is 1. The summed E-state index contributed by atoms with van der Waals surface area (Å²) < 4.78 is 5.12. The minimum atomic E-state index is -0.360. The Kier molecular flexibility index (Phi) is 5.73. The molecule has 1 heterocycles. The van der Waals surface area contributed by atoms with Crippen molar-refractivity contribution in [2.45, 2.75) is 13.3 Å². The summed E-state index contributed by atoms with van der Waals surface area (Å²) in [6, 6.07) is 2.36. The summed E-state index contributed by atoms with van der Waals surface area (Å²) in [7, 11) is 0. The molecule has 0 saturated carbocycles. The summed E-state index contributed by atoms with van der Waals surface area (Å²) in [5.74, 6) is 0.298. The van der Waals surface area contributed by atoms with Gasteiger partial charge in [0.2, 0.25) is 0 Å². The topological polar surface area (TPSA) is 96.1 Å².